The summed E-state index contributed by atoms with van der Waals surface area (Å²) in [6.45, 7) is 21.3. The fourth-order valence-corrected chi connectivity index (χ4v) is 13.6. The number of nitrogens with zero attached hydrogens (tertiary/aromatic N) is 1. The van der Waals surface area contributed by atoms with Gasteiger partial charge >= 0.3 is 19.1 Å². The molecule has 17 nitrogen and oxygen atoms in total. The third-order valence-electron chi connectivity index (χ3n) is 17.8. The molecule has 0 aromatic heterocycles. The maximum absolute atomic E-state index is 14.8. The van der Waals surface area contributed by atoms with Gasteiger partial charge in [0.15, 0.2) is 14.1 Å². The summed E-state index contributed by atoms with van der Waals surface area (Å²) in [7, 11) is 1.77. The number of ether oxygens (including phenoxy) is 6. The van der Waals surface area contributed by atoms with Crippen molar-refractivity contribution >= 4 is 56.1 Å². The first-order valence-corrected chi connectivity index (χ1v) is 34.1. The van der Waals surface area contributed by atoms with Crippen molar-refractivity contribution in [1.82, 2.24) is 4.90 Å². The number of hydrogen-bond donors (Lipinski definition) is 1. The standard InChI is InChI=1S/C65H98BNO16Si/c1-41-23-17-15-18-24-42(2)54(75-9)37-50-30-28-47(7)65(74,82-50)60(70)61(71)67-32-22-21-27-51(67)62(72)80-55(38-52(68)43(3)34-46(6)58(83-84(12,13)14)59(77-11)57(69)45(5)33-41)44(4)35-48-29-31-53(56(36-48)76-10)81-63(73)64(8)39-78-66(79-40-64)49-25-19-16-20-26-49/h15-20,23-26,34,41,43-45,47-48,50-51,53-56,58-59,74H,21-22,27-33,35-40H2,1-14H3/b18-15+,23-17+,42-24+,46-34+/t41-,43-,44+,45-,47-,48+,50+,51+,53-,54+,55+,56-,58-,59+,65-/m1/s1. The van der Waals surface area contributed by atoms with E-state index in [4.69, 9.17) is 42.2 Å². The second-order valence-electron chi connectivity index (χ2n) is 26.1. The van der Waals surface area contributed by atoms with Crippen LogP contribution in [0, 0.1) is 40.9 Å². The molecule has 1 amide bonds. The Labute approximate surface area is 501 Å². The second kappa shape index (κ2) is 31.0. The normalized spacial score (nSPS) is 35.8. The van der Waals surface area contributed by atoms with Gasteiger partial charge in [-0.25, -0.2) is 4.79 Å². The molecule has 1 aromatic rings. The van der Waals surface area contributed by atoms with E-state index in [2.05, 4.69) is 6.92 Å². The lowest BCUT2D eigenvalue weighted by molar-refractivity contribution is -0.265. The molecule has 0 spiro atoms. The number of cyclic esters (lactones) is 1. The monoisotopic (exact) mass is 1190 g/mol. The lowest BCUT2D eigenvalue weighted by Crippen LogP contribution is -2.61. The summed E-state index contributed by atoms with van der Waals surface area (Å²) >= 11 is 0. The van der Waals surface area contributed by atoms with Gasteiger partial charge in [0, 0.05) is 71.7 Å². The molecule has 5 aliphatic rings. The molecule has 4 aliphatic heterocycles. The molecule has 3 saturated heterocycles. The summed E-state index contributed by atoms with van der Waals surface area (Å²) in [4.78, 5) is 88.1. The van der Waals surface area contributed by atoms with Gasteiger partial charge in [0.1, 0.15) is 35.6 Å². The average Bonchev–Trinajstić information content (AvgIpc) is 1.82. The first-order valence-electron chi connectivity index (χ1n) is 30.7. The van der Waals surface area contributed by atoms with E-state index in [-0.39, 0.29) is 56.0 Å². The van der Waals surface area contributed by atoms with Crippen molar-refractivity contribution in [3.05, 3.63) is 77.9 Å². The molecule has 2 bridgehead atoms. The quantitative estimate of drug-likeness (QED) is 0.0948. The van der Waals surface area contributed by atoms with Crippen LogP contribution in [-0.4, -0.2) is 156 Å². The third kappa shape index (κ3) is 18.1. The van der Waals surface area contributed by atoms with Crippen LogP contribution in [0.5, 0.6) is 0 Å². The number of esters is 2. The Morgan fingerprint density at radius 3 is 2.18 bits per heavy atom. The van der Waals surface area contributed by atoms with Crippen molar-refractivity contribution in [3.63, 3.8) is 0 Å². The lowest BCUT2D eigenvalue weighted by atomic mass is 9.75. The number of aliphatic hydroxyl groups is 1. The highest BCUT2D eigenvalue weighted by molar-refractivity contribution is 6.69. The first-order chi connectivity index (χ1) is 39.7. The predicted octanol–water partition coefficient (Wildman–Crippen LogP) is 9.04. The molecule has 6 rings (SSSR count). The predicted molar refractivity (Wildman–Crippen MR) is 323 cm³/mol. The van der Waals surface area contributed by atoms with Gasteiger partial charge in [0.25, 0.3) is 11.7 Å². The molecule has 466 valence electrons. The van der Waals surface area contributed by atoms with Crippen molar-refractivity contribution in [2.45, 2.75) is 207 Å². The maximum Gasteiger partial charge on any atom is 0.493 e. The van der Waals surface area contributed by atoms with Crippen molar-refractivity contribution in [3.8, 4) is 0 Å². The van der Waals surface area contributed by atoms with Crippen LogP contribution in [0.15, 0.2) is 77.9 Å². The molecule has 19 heteroatoms. The van der Waals surface area contributed by atoms with Gasteiger partial charge in [-0.15, -0.1) is 0 Å². The van der Waals surface area contributed by atoms with Crippen LogP contribution in [0.2, 0.25) is 19.6 Å². The van der Waals surface area contributed by atoms with Crippen LogP contribution < -0.4 is 5.46 Å². The van der Waals surface area contributed by atoms with Gasteiger partial charge in [-0.3, -0.25) is 24.0 Å². The molecule has 4 fully saturated rings. The van der Waals surface area contributed by atoms with Gasteiger partial charge < -0.3 is 52.2 Å². The second-order valence-corrected chi connectivity index (χ2v) is 30.6. The van der Waals surface area contributed by atoms with Gasteiger partial charge in [0.2, 0.25) is 5.79 Å². The number of ketones is 3. The van der Waals surface area contributed by atoms with Crippen LogP contribution >= 0.6 is 0 Å². The Morgan fingerprint density at radius 1 is 0.821 bits per heavy atom. The number of amides is 1. The summed E-state index contributed by atoms with van der Waals surface area (Å²) in [5, 5.41) is 12.1. The third-order valence-corrected chi connectivity index (χ3v) is 18.8. The Morgan fingerprint density at radius 2 is 1.52 bits per heavy atom. The smallest absolute Gasteiger partial charge is 0.460 e. The molecule has 1 N–H and O–H groups in total. The highest BCUT2D eigenvalue weighted by atomic mass is 28.4. The molecule has 1 aliphatic carbocycles. The van der Waals surface area contributed by atoms with Crippen molar-refractivity contribution in [1.29, 1.82) is 0 Å². The van der Waals surface area contributed by atoms with E-state index in [1.807, 2.05) is 114 Å². The Kier molecular flexibility index (Phi) is 25.3. The zero-order valence-corrected chi connectivity index (χ0v) is 53.6. The van der Waals surface area contributed by atoms with Crippen LogP contribution in [0.1, 0.15) is 132 Å². The number of piperidine rings is 1. The molecular formula is C65H98BNO16Si. The van der Waals surface area contributed by atoms with E-state index in [1.165, 1.54) is 12.0 Å². The molecule has 0 radical (unpaired) electrons. The fourth-order valence-electron chi connectivity index (χ4n) is 12.6. The molecule has 0 unspecified atom stereocenters. The summed E-state index contributed by atoms with van der Waals surface area (Å²) in [6.07, 6.45) is 11.9. The highest BCUT2D eigenvalue weighted by Crippen LogP contribution is 2.39. The molecule has 1 aromatic carbocycles. The number of methoxy groups -OCH3 is 3. The Hall–Kier alpha value is -4.44. The van der Waals surface area contributed by atoms with E-state index in [0.29, 0.717) is 69.8 Å². The van der Waals surface area contributed by atoms with E-state index in [0.717, 1.165) is 11.0 Å². The number of Topliss-reactive ketones (excluding diaryl/α,β-unsaturated/α-hetero) is 3. The van der Waals surface area contributed by atoms with Crippen molar-refractivity contribution in [2.75, 3.05) is 41.1 Å². The molecule has 15 atom stereocenters. The molecule has 1 saturated carbocycles. The topological polar surface area (TPSA) is 209 Å². The number of hydrogen-bond acceptors (Lipinski definition) is 16. The Bertz CT molecular complexity index is 2520. The molecular weight excluding hydrogens is 1090 g/mol. The maximum atomic E-state index is 14.8. The number of fused-ring (bicyclic) bond motifs is 3. The lowest BCUT2D eigenvalue weighted by Gasteiger charge is -2.42. The van der Waals surface area contributed by atoms with E-state index >= 15 is 0 Å². The molecule has 4 heterocycles. The number of rotatable bonds is 11. The average molecular weight is 1190 g/mol. The van der Waals surface area contributed by atoms with E-state index < -0.39 is 123 Å². The minimum atomic E-state index is -2.46. The van der Waals surface area contributed by atoms with Crippen molar-refractivity contribution < 1.29 is 76.0 Å². The van der Waals surface area contributed by atoms with Crippen LogP contribution in [-0.2, 0) is 70.9 Å². The summed E-state index contributed by atoms with van der Waals surface area (Å²) < 4.78 is 55.6. The molecule has 84 heavy (non-hydrogen) atoms. The SMILES string of the molecule is CO[C@H]1C[C@@H]2CC[C@@H](C)[C@@](O)(O2)C(=O)C(=O)N2CCCC[C@H]2C(=O)O[C@H]([C@@H](C)C[C@@H]2CC[C@@H](OC(=O)C3(C)COB(c4ccccc4)OC3)[C@H](OC)C2)CC(=O)[C@H](C)/C=C(\C)[C@@H](O[Si](C)(C)C)[C@@H](OC)C(=O)[C@H](C)C[C@H](C)/C=C/C=C/C=C/1C. The van der Waals surface area contributed by atoms with E-state index in [9.17, 15) is 33.9 Å². The number of allylic oxidation sites excluding steroid dienone is 6. The summed E-state index contributed by atoms with van der Waals surface area (Å²) in [5.41, 5.74) is 1.37. The van der Waals surface area contributed by atoms with Gasteiger partial charge in [-0.2, -0.15) is 0 Å². The van der Waals surface area contributed by atoms with Crippen LogP contribution in [0.4, 0.5) is 0 Å². The number of carbonyl (C=O) groups excluding carboxylic acids is 6. The Balaban J connectivity index is 1.28. The van der Waals surface area contributed by atoms with Crippen LogP contribution in [0.3, 0.4) is 0 Å². The van der Waals surface area contributed by atoms with E-state index in [1.54, 1.807) is 35.0 Å². The van der Waals surface area contributed by atoms with Gasteiger partial charge in [-0.05, 0) is 139 Å². The minimum Gasteiger partial charge on any atom is -0.460 e. The minimum absolute atomic E-state index is 0.0132. The van der Waals surface area contributed by atoms with Gasteiger partial charge in [-0.1, -0.05) is 101 Å². The number of carbonyl (C=O) groups is 6. The highest BCUT2D eigenvalue weighted by Gasteiger charge is 2.53. The van der Waals surface area contributed by atoms with Gasteiger partial charge in [0.05, 0.1) is 24.4 Å². The summed E-state index contributed by atoms with van der Waals surface area (Å²) in [5.74, 6) is -8.35. The fraction of sp³-hybridized carbons (Fsp3) is 0.692. The largest absolute Gasteiger partial charge is 0.493 e. The zero-order valence-electron chi connectivity index (χ0n) is 52.6. The van der Waals surface area contributed by atoms with Crippen LogP contribution in [0.25, 0.3) is 0 Å². The zero-order chi connectivity index (χ0) is 61.7. The van der Waals surface area contributed by atoms with Crippen molar-refractivity contribution in [2.24, 2.45) is 40.9 Å². The summed E-state index contributed by atoms with van der Waals surface area (Å²) in [6, 6.07) is 8.37. The number of benzene rings is 1. The first kappa shape index (κ1) is 68.7.